The highest BCUT2D eigenvalue weighted by molar-refractivity contribution is 7.88. The van der Waals surface area contributed by atoms with E-state index < -0.39 is 10.0 Å². The normalized spacial score (nSPS) is 20.9. The Bertz CT molecular complexity index is 720. The third-order valence-electron chi connectivity index (χ3n) is 4.87. The summed E-state index contributed by atoms with van der Waals surface area (Å²) in [6, 6.07) is 3.48. The first-order valence-electron chi connectivity index (χ1n) is 8.19. The number of fused-ring (bicyclic) bond motifs is 1. The second kappa shape index (κ2) is 6.75. The Kier molecular flexibility index (Phi) is 4.89. The second-order valence-electron chi connectivity index (χ2n) is 6.47. The summed E-state index contributed by atoms with van der Waals surface area (Å²) in [6.07, 6.45) is 4.47. The molecule has 6 nitrogen and oxygen atoms in total. The molecule has 0 bridgehead atoms. The van der Waals surface area contributed by atoms with Crippen molar-refractivity contribution >= 4 is 10.0 Å². The first-order valence-corrected chi connectivity index (χ1v) is 10.0. The Morgan fingerprint density at radius 1 is 1.17 bits per heavy atom. The third kappa shape index (κ3) is 3.84. The van der Waals surface area contributed by atoms with Gasteiger partial charge in [-0.05, 0) is 30.7 Å². The molecule has 0 saturated carbocycles. The van der Waals surface area contributed by atoms with Gasteiger partial charge >= 0.3 is 0 Å². The molecular formula is C16H24N2O4S. The van der Waals surface area contributed by atoms with Crippen molar-refractivity contribution in [2.75, 3.05) is 32.6 Å². The van der Waals surface area contributed by atoms with E-state index in [-0.39, 0.29) is 5.56 Å². The Morgan fingerprint density at radius 3 is 2.57 bits per heavy atom. The van der Waals surface area contributed by atoms with Crippen LogP contribution in [-0.4, -0.2) is 49.8 Å². The Balaban J connectivity index is 1.87. The molecule has 23 heavy (non-hydrogen) atoms. The number of hydrogen-bond acceptors (Lipinski definition) is 4. The summed E-state index contributed by atoms with van der Waals surface area (Å²) in [5.41, 5.74) is 2.13. The molecule has 7 heteroatoms. The van der Waals surface area contributed by atoms with Crippen LogP contribution in [0.4, 0.5) is 0 Å². The quantitative estimate of drug-likeness (QED) is 0.810. The molecule has 0 amide bonds. The van der Waals surface area contributed by atoms with Gasteiger partial charge in [0.2, 0.25) is 10.0 Å². The van der Waals surface area contributed by atoms with Gasteiger partial charge in [0, 0.05) is 51.0 Å². The molecule has 0 aromatic carbocycles. The molecule has 0 spiro atoms. The fourth-order valence-corrected chi connectivity index (χ4v) is 4.34. The van der Waals surface area contributed by atoms with Crippen LogP contribution in [0.15, 0.2) is 16.9 Å². The summed E-state index contributed by atoms with van der Waals surface area (Å²) >= 11 is 0. The largest absolute Gasteiger partial charge is 0.381 e. The summed E-state index contributed by atoms with van der Waals surface area (Å²) in [4.78, 5) is 12.4. The lowest BCUT2D eigenvalue weighted by Gasteiger charge is -2.25. The monoisotopic (exact) mass is 340 g/mol. The molecule has 1 saturated heterocycles. The zero-order valence-corrected chi connectivity index (χ0v) is 14.3. The first-order chi connectivity index (χ1) is 10.9. The van der Waals surface area contributed by atoms with E-state index in [9.17, 15) is 13.2 Å². The molecule has 2 aliphatic rings. The molecule has 2 aliphatic heterocycles. The van der Waals surface area contributed by atoms with E-state index in [1.807, 2.05) is 10.6 Å². The van der Waals surface area contributed by atoms with Gasteiger partial charge < -0.3 is 9.30 Å². The minimum Gasteiger partial charge on any atom is -0.381 e. The highest BCUT2D eigenvalue weighted by atomic mass is 32.2. The van der Waals surface area contributed by atoms with Gasteiger partial charge in [-0.2, -0.15) is 0 Å². The van der Waals surface area contributed by atoms with Crippen molar-refractivity contribution < 1.29 is 13.2 Å². The summed E-state index contributed by atoms with van der Waals surface area (Å²) in [6.45, 7) is 3.17. The van der Waals surface area contributed by atoms with Crippen LogP contribution >= 0.6 is 0 Å². The van der Waals surface area contributed by atoms with E-state index in [0.717, 1.165) is 37.3 Å². The highest BCUT2D eigenvalue weighted by Gasteiger charge is 2.24. The minimum atomic E-state index is -3.19. The average Bonchev–Trinajstić information content (AvgIpc) is 2.73. The van der Waals surface area contributed by atoms with Crippen LogP contribution < -0.4 is 5.56 Å². The van der Waals surface area contributed by atoms with Crippen molar-refractivity contribution in [2.45, 2.75) is 32.2 Å². The van der Waals surface area contributed by atoms with Crippen molar-refractivity contribution in [3.63, 3.8) is 0 Å². The van der Waals surface area contributed by atoms with E-state index in [4.69, 9.17) is 4.74 Å². The Morgan fingerprint density at radius 2 is 1.87 bits per heavy atom. The van der Waals surface area contributed by atoms with Crippen molar-refractivity contribution in [1.29, 1.82) is 0 Å². The van der Waals surface area contributed by atoms with Crippen LogP contribution in [0.5, 0.6) is 0 Å². The number of ether oxygens (including phenoxy) is 1. The summed E-state index contributed by atoms with van der Waals surface area (Å²) in [5, 5.41) is 0. The van der Waals surface area contributed by atoms with E-state index in [2.05, 4.69) is 0 Å². The van der Waals surface area contributed by atoms with Gasteiger partial charge in [0.05, 0.1) is 6.26 Å². The molecule has 1 fully saturated rings. The topological polar surface area (TPSA) is 68.6 Å². The van der Waals surface area contributed by atoms with Gasteiger partial charge in [-0.3, -0.25) is 4.79 Å². The average molecular weight is 340 g/mol. The van der Waals surface area contributed by atoms with Gasteiger partial charge in [-0.15, -0.1) is 0 Å². The number of hydrogen-bond donors (Lipinski definition) is 0. The molecule has 3 rings (SSSR count). The molecule has 1 aromatic heterocycles. The fraction of sp³-hybridized carbons (Fsp3) is 0.688. The van der Waals surface area contributed by atoms with Crippen LogP contribution in [0.3, 0.4) is 0 Å². The number of aromatic nitrogens is 1. The predicted molar refractivity (Wildman–Crippen MR) is 88.1 cm³/mol. The highest BCUT2D eigenvalue weighted by Crippen LogP contribution is 2.20. The maximum absolute atomic E-state index is 12.4. The van der Waals surface area contributed by atoms with E-state index in [1.54, 1.807) is 6.07 Å². The molecule has 3 heterocycles. The fourth-order valence-electron chi connectivity index (χ4n) is 3.49. The van der Waals surface area contributed by atoms with Crippen LogP contribution in [0, 0.1) is 5.92 Å². The molecule has 1 aromatic rings. The van der Waals surface area contributed by atoms with Gasteiger partial charge in [0.25, 0.3) is 5.56 Å². The van der Waals surface area contributed by atoms with E-state index >= 15 is 0 Å². The van der Waals surface area contributed by atoms with Crippen molar-refractivity contribution in [1.82, 2.24) is 8.87 Å². The van der Waals surface area contributed by atoms with Gasteiger partial charge in [0.1, 0.15) is 0 Å². The van der Waals surface area contributed by atoms with Crippen molar-refractivity contribution in [3.05, 3.63) is 33.7 Å². The van der Waals surface area contributed by atoms with Crippen molar-refractivity contribution in [3.8, 4) is 0 Å². The molecule has 128 valence electrons. The van der Waals surface area contributed by atoms with E-state index in [0.29, 0.717) is 38.4 Å². The van der Waals surface area contributed by atoms with Gasteiger partial charge in [0.15, 0.2) is 0 Å². The zero-order chi connectivity index (χ0) is 16.4. The Hall–Kier alpha value is -1.18. The van der Waals surface area contributed by atoms with Crippen molar-refractivity contribution in [2.24, 2.45) is 5.92 Å². The smallest absolute Gasteiger partial charge is 0.250 e. The van der Waals surface area contributed by atoms with Crippen LogP contribution in [0.25, 0.3) is 0 Å². The minimum absolute atomic E-state index is 0.0167. The summed E-state index contributed by atoms with van der Waals surface area (Å²) in [7, 11) is -3.19. The lowest BCUT2D eigenvalue weighted by Crippen LogP contribution is -2.33. The molecular weight excluding hydrogens is 316 g/mol. The second-order valence-corrected chi connectivity index (χ2v) is 8.45. The molecule has 0 N–H and O–H groups in total. The zero-order valence-electron chi connectivity index (χ0n) is 13.5. The maximum atomic E-state index is 12.4. The summed E-state index contributed by atoms with van der Waals surface area (Å²) < 4.78 is 32.4. The number of sulfonamides is 1. The predicted octanol–water partition coefficient (Wildman–Crippen LogP) is 0.635. The standard InChI is InChI=1S/C16H24N2O4S/c1-23(20,21)17-8-4-14-2-3-16(19)18(15(14)5-9-17)12-13-6-10-22-11-7-13/h2-3,13H,4-12H2,1H3. The number of rotatable bonds is 3. The molecule has 0 radical (unpaired) electrons. The lowest BCUT2D eigenvalue weighted by molar-refractivity contribution is 0.0607. The first kappa shape index (κ1) is 16.7. The maximum Gasteiger partial charge on any atom is 0.250 e. The van der Waals surface area contributed by atoms with Gasteiger partial charge in [-0.1, -0.05) is 6.07 Å². The molecule has 0 aliphatic carbocycles. The number of pyridine rings is 1. The van der Waals surface area contributed by atoms with E-state index in [1.165, 1.54) is 10.6 Å². The third-order valence-corrected chi connectivity index (χ3v) is 6.17. The lowest BCUT2D eigenvalue weighted by atomic mass is 9.99. The summed E-state index contributed by atoms with van der Waals surface area (Å²) in [5.74, 6) is 0.460. The SMILES string of the molecule is CS(=O)(=O)N1CCc2ccc(=O)n(CC3CCOCC3)c2CC1. The van der Waals surface area contributed by atoms with Crippen LogP contribution in [-0.2, 0) is 34.1 Å². The Labute approximate surface area is 137 Å². The van der Waals surface area contributed by atoms with Gasteiger partial charge in [-0.25, -0.2) is 12.7 Å². The van der Waals surface area contributed by atoms with Crippen LogP contribution in [0.1, 0.15) is 24.1 Å². The number of nitrogens with zero attached hydrogens (tertiary/aromatic N) is 2. The molecule has 0 unspecified atom stereocenters. The van der Waals surface area contributed by atoms with Crippen LogP contribution in [0.2, 0.25) is 0 Å². The molecule has 0 atom stereocenters.